The molecule has 0 spiro atoms. The Morgan fingerprint density at radius 2 is 2.09 bits per heavy atom. The number of nitriles is 1. The van der Waals surface area contributed by atoms with Crippen molar-refractivity contribution in [2.75, 3.05) is 20.1 Å². The molecular weight excluding hydrogens is 576 g/mol. The predicted molar refractivity (Wildman–Crippen MR) is 184 cm³/mol. The van der Waals surface area contributed by atoms with Crippen molar-refractivity contribution in [2.24, 2.45) is 20.7 Å². The Morgan fingerprint density at radius 3 is 2.72 bits per heavy atom. The van der Waals surface area contributed by atoms with Crippen LogP contribution in [0.25, 0.3) is 0 Å². The first kappa shape index (κ1) is 34.4. The zero-order valence-electron chi connectivity index (χ0n) is 25.8. The summed E-state index contributed by atoms with van der Waals surface area (Å²) in [6.07, 6.45) is 13.3. The van der Waals surface area contributed by atoms with E-state index in [2.05, 4.69) is 57.5 Å². The fourth-order valence-electron chi connectivity index (χ4n) is 5.91. The SMILES string of the molecule is C=NC(=C\C(CC[C@@H]1CCCN1C)=NCC(=N)/C(CCC)=C(\C)[C@H]1CCCc2sc(F)c(C#N)c21)/N=C/C=C(\N)C(=C)P. The number of rotatable bonds is 14. The van der Waals surface area contributed by atoms with Gasteiger partial charge in [-0.2, -0.15) is 9.65 Å². The molecule has 0 amide bonds. The number of hydrogen-bond acceptors (Lipinski definition) is 8. The number of nitrogens with two attached hydrogens (primary N) is 1. The number of aryl methyl sites for hydroxylation is 1. The lowest BCUT2D eigenvalue weighted by Crippen LogP contribution is -2.25. The van der Waals surface area contributed by atoms with E-state index in [1.807, 2.05) is 13.0 Å². The van der Waals surface area contributed by atoms with Gasteiger partial charge in [-0.05, 0) is 101 Å². The largest absolute Gasteiger partial charge is 0.398 e. The zero-order valence-corrected chi connectivity index (χ0v) is 27.7. The molecule has 1 saturated heterocycles. The lowest BCUT2D eigenvalue weighted by Gasteiger charge is -2.26. The number of aliphatic imine (C=N–C) groups is 3. The summed E-state index contributed by atoms with van der Waals surface area (Å²) in [6, 6.07) is 2.60. The molecule has 230 valence electrons. The van der Waals surface area contributed by atoms with E-state index in [1.54, 1.807) is 12.3 Å². The molecule has 0 radical (unpaired) electrons. The average Bonchev–Trinajstić information content (AvgIpc) is 3.56. The number of halogens is 1. The number of hydrogen-bond donors (Lipinski definition) is 2. The highest BCUT2D eigenvalue weighted by Gasteiger charge is 2.31. The van der Waals surface area contributed by atoms with Crippen LogP contribution in [0.1, 0.15) is 87.1 Å². The average molecular weight is 622 g/mol. The first-order chi connectivity index (χ1) is 20.6. The molecule has 10 heteroatoms. The van der Waals surface area contributed by atoms with Crippen molar-refractivity contribution in [3.05, 3.63) is 67.8 Å². The molecule has 1 aromatic heterocycles. The normalized spacial score (nSPS) is 20.6. The molecule has 0 saturated carbocycles. The number of nitrogens with zero attached hydrogens (tertiary/aromatic N) is 5. The second-order valence-corrected chi connectivity index (χ2v) is 13.0. The van der Waals surface area contributed by atoms with Gasteiger partial charge in [0, 0.05) is 40.5 Å². The van der Waals surface area contributed by atoms with E-state index in [-0.39, 0.29) is 23.2 Å². The third-order valence-corrected chi connectivity index (χ3v) is 9.72. The van der Waals surface area contributed by atoms with Crippen LogP contribution in [-0.4, -0.2) is 55.4 Å². The molecule has 2 heterocycles. The second-order valence-electron chi connectivity index (χ2n) is 11.2. The zero-order chi connectivity index (χ0) is 31.5. The van der Waals surface area contributed by atoms with E-state index in [0.29, 0.717) is 28.6 Å². The van der Waals surface area contributed by atoms with E-state index in [9.17, 15) is 9.65 Å². The van der Waals surface area contributed by atoms with Crippen LogP contribution in [0.15, 0.2) is 61.7 Å². The van der Waals surface area contributed by atoms with Gasteiger partial charge in [-0.1, -0.05) is 25.5 Å². The summed E-state index contributed by atoms with van der Waals surface area (Å²) in [6.45, 7) is 13.0. The van der Waals surface area contributed by atoms with Crippen molar-refractivity contribution in [1.29, 1.82) is 10.7 Å². The summed E-state index contributed by atoms with van der Waals surface area (Å²) >= 11 is 1.10. The Hall–Kier alpha value is -3.05. The molecule has 1 unspecified atom stereocenters. The van der Waals surface area contributed by atoms with Gasteiger partial charge in [0.25, 0.3) is 0 Å². The van der Waals surface area contributed by atoms with Crippen molar-refractivity contribution >= 4 is 44.9 Å². The van der Waals surface area contributed by atoms with Crippen LogP contribution >= 0.6 is 20.6 Å². The Balaban J connectivity index is 1.92. The van der Waals surface area contributed by atoms with Gasteiger partial charge in [0.15, 0.2) is 11.0 Å². The maximum Gasteiger partial charge on any atom is 0.194 e. The summed E-state index contributed by atoms with van der Waals surface area (Å²) in [5.41, 5.74) is 10.7. The van der Waals surface area contributed by atoms with Gasteiger partial charge in [0.05, 0.1) is 12.3 Å². The molecule has 1 aromatic rings. The van der Waals surface area contributed by atoms with Gasteiger partial charge in [-0.25, -0.2) is 9.98 Å². The Kier molecular flexibility index (Phi) is 13.4. The minimum Gasteiger partial charge on any atom is -0.398 e. The van der Waals surface area contributed by atoms with Crippen molar-refractivity contribution in [3.63, 3.8) is 0 Å². The third-order valence-electron chi connectivity index (χ3n) is 8.33. The monoisotopic (exact) mass is 621 g/mol. The molecule has 7 nitrogen and oxygen atoms in total. The van der Waals surface area contributed by atoms with Crippen LogP contribution in [0.4, 0.5) is 4.39 Å². The van der Waals surface area contributed by atoms with Gasteiger partial charge < -0.3 is 16.0 Å². The molecule has 0 aromatic carbocycles. The number of thiophene rings is 1. The van der Waals surface area contributed by atoms with E-state index in [0.717, 1.165) is 96.5 Å². The van der Waals surface area contributed by atoms with Crippen LogP contribution in [0.2, 0.25) is 0 Å². The molecule has 43 heavy (non-hydrogen) atoms. The molecule has 3 atom stereocenters. The standard InChI is InChI=1S/C33H45FN7PS/c1-6-9-25(21(2)26-11-7-12-30-32(26)27(19-35)33(34)43-30)29(37)20-40-23(13-14-24-10-8-17-41(24)5)18-31(38-4)39-16-15-28(36)22(3)42/h15-16,18,24,26,37H,3-4,6-14,17,20,36,42H2,1-2,5H3/b25-21+,28-15-,31-18+,37-29?,39-16+,40-23?/t24-,26+/m0/s1. The number of nitrogens with one attached hydrogen (secondary N) is 1. The smallest absolute Gasteiger partial charge is 0.194 e. The van der Waals surface area contributed by atoms with Crippen molar-refractivity contribution < 1.29 is 4.39 Å². The van der Waals surface area contributed by atoms with Crippen molar-refractivity contribution in [1.82, 2.24) is 4.90 Å². The number of fused-ring (bicyclic) bond motifs is 1. The van der Waals surface area contributed by atoms with E-state index in [1.165, 1.54) is 6.42 Å². The fourth-order valence-corrected chi connectivity index (χ4v) is 7.08. The summed E-state index contributed by atoms with van der Waals surface area (Å²) in [4.78, 5) is 16.8. The van der Waals surface area contributed by atoms with Gasteiger partial charge in [0.1, 0.15) is 11.6 Å². The summed E-state index contributed by atoms with van der Waals surface area (Å²) in [5.74, 6) is 0.369. The predicted octanol–water partition coefficient (Wildman–Crippen LogP) is 7.47. The molecule has 1 fully saturated rings. The van der Waals surface area contributed by atoms with E-state index < -0.39 is 0 Å². The maximum atomic E-state index is 14.6. The Morgan fingerprint density at radius 1 is 1.33 bits per heavy atom. The first-order valence-corrected chi connectivity index (χ1v) is 16.4. The second kappa shape index (κ2) is 16.7. The van der Waals surface area contributed by atoms with Crippen LogP contribution < -0.4 is 5.73 Å². The lowest BCUT2D eigenvalue weighted by molar-refractivity contribution is 0.300. The van der Waals surface area contributed by atoms with Crippen LogP contribution in [0, 0.1) is 21.9 Å². The van der Waals surface area contributed by atoms with Gasteiger partial charge >= 0.3 is 0 Å². The molecule has 3 N–H and O–H groups in total. The van der Waals surface area contributed by atoms with Crippen molar-refractivity contribution in [2.45, 2.75) is 83.6 Å². The molecule has 0 bridgehead atoms. The van der Waals surface area contributed by atoms with Crippen LogP contribution in [-0.2, 0) is 6.42 Å². The first-order valence-electron chi connectivity index (χ1n) is 15.0. The summed E-state index contributed by atoms with van der Waals surface area (Å²) in [7, 11) is 4.63. The number of likely N-dealkylation sites (tertiary alicyclic amines) is 1. The van der Waals surface area contributed by atoms with Crippen LogP contribution in [0.5, 0.6) is 0 Å². The molecule has 2 aliphatic rings. The quantitative estimate of drug-likeness (QED) is 0.128. The van der Waals surface area contributed by atoms with Gasteiger partial charge in [0.2, 0.25) is 0 Å². The van der Waals surface area contributed by atoms with Gasteiger partial charge in [-0.15, -0.1) is 20.6 Å². The van der Waals surface area contributed by atoms with Crippen molar-refractivity contribution in [3.8, 4) is 6.07 Å². The summed E-state index contributed by atoms with van der Waals surface area (Å²) < 4.78 is 14.6. The maximum absolute atomic E-state index is 14.6. The molecule has 3 rings (SSSR count). The lowest BCUT2D eigenvalue weighted by atomic mass is 9.78. The molecular formula is C33H45FN7PS. The minimum absolute atomic E-state index is 0.0497. The summed E-state index contributed by atoms with van der Waals surface area (Å²) in [5, 5.41) is 19.1. The Labute approximate surface area is 262 Å². The highest BCUT2D eigenvalue weighted by molar-refractivity contribution is 7.23. The Bertz CT molecular complexity index is 1410. The van der Waals surface area contributed by atoms with Gasteiger partial charge in [-0.3, -0.25) is 4.99 Å². The number of allylic oxidation sites excluding steroid dienone is 4. The third kappa shape index (κ3) is 9.22. The highest BCUT2D eigenvalue weighted by Crippen LogP contribution is 2.44. The topological polar surface area (TPSA) is 114 Å². The highest BCUT2D eigenvalue weighted by atomic mass is 32.1. The molecule has 1 aliphatic heterocycles. The van der Waals surface area contributed by atoms with Crippen LogP contribution in [0.3, 0.4) is 0 Å². The van der Waals surface area contributed by atoms with E-state index in [4.69, 9.17) is 16.1 Å². The van der Waals surface area contributed by atoms with E-state index >= 15 is 0 Å². The fraction of sp³-hybridized carbons (Fsp3) is 0.485. The minimum atomic E-state index is -0.390. The molecule has 1 aliphatic carbocycles.